The van der Waals surface area contributed by atoms with Crippen molar-refractivity contribution in [2.75, 3.05) is 0 Å². The molecule has 1 aliphatic carbocycles. The summed E-state index contributed by atoms with van der Waals surface area (Å²) in [6.45, 7) is 0. The number of hydrogen-bond acceptors (Lipinski definition) is 1. The minimum atomic E-state index is 1.03. The fourth-order valence-electron chi connectivity index (χ4n) is 1.94. The van der Waals surface area contributed by atoms with Crippen LogP contribution in [0.1, 0.15) is 16.8 Å². The largest absolute Gasteiger partial charge is 0.345 e. The third-order valence-corrected chi connectivity index (χ3v) is 2.62. The van der Waals surface area contributed by atoms with Gasteiger partial charge >= 0.3 is 0 Å². The average Bonchev–Trinajstić information content (AvgIpc) is 2.85. The molecule has 0 unspecified atom stereocenters. The van der Waals surface area contributed by atoms with Crippen LogP contribution in [0.2, 0.25) is 0 Å². The predicted octanol–water partition coefficient (Wildman–Crippen LogP) is 2.40. The molecule has 0 amide bonds. The summed E-state index contributed by atoms with van der Waals surface area (Å²) in [7, 11) is 0. The molecule has 3 rings (SSSR count). The van der Waals surface area contributed by atoms with E-state index < -0.39 is 0 Å². The summed E-state index contributed by atoms with van der Waals surface area (Å²) < 4.78 is 0. The van der Waals surface area contributed by atoms with E-state index >= 15 is 0 Å². The number of rotatable bonds is 1. The number of H-pyrrole nitrogens is 1. The number of fused-ring (bicyclic) bond motifs is 1. The fourth-order valence-corrected chi connectivity index (χ4v) is 1.94. The third kappa shape index (κ3) is 1.01. The lowest BCUT2D eigenvalue weighted by Crippen LogP contribution is -1.85. The number of aromatic amines is 1. The number of imidazole rings is 1. The van der Waals surface area contributed by atoms with Crippen molar-refractivity contribution in [3.05, 3.63) is 59.7 Å². The van der Waals surface area contributed by atoms with Gasteiger partial charge < -0.3 is 4.98 Å². The minimum Gasteiger partial charge on any atom is -0.345 e. The van der Waals surface area contributed by atoms with Gasteiger partial charge in [-0.25, -0.2) is 4.98 Å². The fraction of sp³-hybridized carbons (Fsp3) is 0.0833. The molecule has 1 aliphatic rings. The van der Waals surface area contributed by atoms with Crippen LogP contribution < -0.4 is 0 Å². The normalized spacial score (nSPS) is 13.9. The van der Waals surface area contributed by atoms with Gasteiger partial charge in [0, 0.05) is 5.57 Å². The Hall–Kier alpha value is -1.83. The predicted molar refractivity (Wildman–Crippen MR) is 55.8 cm³/mol. The zero-order valence-electron chi connectivity index (χ0n) is 7.70. The lowest BCUT2D eigenvalue weighted by Gasteiger charge is -2.02. The summed E-state index contributed by atoms with van der Waals surface area (Å²) in [4.78, 5) is 7.18. The highest BCUT2D eigenvalue weighted by Crippen LogP contribution is 2.30. The van der Waals surface area contributed by atoms with Crippen molar-refractivity contribution in [1.29, 1.82) is 0 Å². The number of benzene rings is 1. The number of hydrogen-bond donors (Lipinski definition) is 1. The average molecular weight is 182 g/mol. The Kier molecular flexibility index (Phi) is 1.53. The topological polar surface area (TPSA) is 28.7 Å². The maximum atomic E-state index is 4.04. The van der Waals surface area contributed by atoms with Crippen LogP contribution >= 0.6 is 0 Å². The highest BCUT2D eigenvalue weighted by atomic mass is 14.9. The van der Waals surface area contributed by atoms with Gasteiger partial charge in [-0.1, -0.05) is 30.3 Å². The zero-order valence-corrected chi connectivity index (χ0v) is 7.70. The summed E-state index contributed by atoms with van der Waals surface area (Å²) in [5.74, 6) is 0. The molecule has 1 heterocycles. The van der Waals surface area contributed by atoms with Crippen molar-refractivity contribution in [3.63, 3.8) is 0 Å². The summed E-state index contributed by atoms with van der Waals surface area (Å²) in [5.41, 5.74) is 5.11. The molecule has 1 aromatic heterocycles. The van der Waals surface area contributed by atoms with Crippen molar-refractivity contribution < 1.29 is 0 Å². The molecule has 0 spiro atoms. The van der Waals surface area contributed by atoms with Gasteiger partial charge in [-0.2, -0.15) is 0 Å². The second-order valence-corrected chi connectivity index (χ2v) is 3.44. The Morgan fingerprint density at radius 3 is 3.00 bits per heavy atom. The van der Waals surface area contributed by atoms with E-state index in [-0.39, 0.29) is 0 Å². The first-order valence-corrected chi connectivity index (χ1v) is 4.72. The molecule has 1 aromatic carbocycles. The molecule has 1 N–H and O–H groups in total. The van der Waals surface area contributed by atoms with Crippen LogP contribution in [-0.4, -0.2) is 9.97 Å². The quantitative estimate of drug-likeness (QED) is 0.720. The Morgan fingerprint density at radius 2 is 2.14 bits per heavy atom. The van der Waals surface area contributed by atoms with E-state index in [1.165, 1.54) is 16.7 Å². The highest BCUT2D eigenvalue weighted by molar-refractivity contribution is 5.82. The molecular weight excluding hydrogens is 172 g/mol. The van der Waals surface area contributed by atoms with Crippen molar-refractivity contribution in [3.8, 4) is 0 Å². The second-order valence-electron chi connectivity index (χ2n) is 3.44. The second kappa shape index (κ2) is 2.84. The molecule has 2 nitrogen and oxygen atoms in total. The molecule has 14 heavy (non-hydrogen) atoms. The van der Waals surface area contributed by atoms with E-state index in [0.717, 1.165) is 12.1 Å². The standard InChI is InChI=1S/C12H10N2/c1-2-4-10-9(3-1)5-6-11(10)12-7-13-8-14-12/h1-4,6-8H,5H2,(H,13,14). The van der Waals surface area contributed by atoms with Gasteiger partial charge in [-0.3, -0.25) is 0 Å². The zero-order chi connectivity index (χ0) is 9.38. The highest BCUT2D eigenvalue weighted by Gasteiger charge is 2.14. The summed E-state index contributed by atoms with van der Waals surface area (Å²) in [5, 5.41) is 0. The Labute approximate surface area is 82.3 Å². The monoisotopic (exact) mass is 182 g/mol. The molecule has 0 fully saturated rings. The first-order valence-electron chi connectivity index (χ1n) is 4.72. The van der Waals surface area contributed by atoms with Crippen molar-refractivity contribution in [2.24, 2.45) is 0 Å². The van der Waals surface area contributed by atoms with E-state index in [2.05, 4.69) is 40.3 Å². The molecule has 2 heteroatoms. The van der Waals surface area contributed by atoms with Crippen molar-refractivity contribution >= 4 is 5.57 Å². The lowest BCUT2D eigenvalue weighted by molar-refractivity contribution is 1.30. The van der Waals surface area contributed by atoms with Crippen LogP contribution in [0.15, 0.2) is 42.9 Å². The molecule has 0 bridgehead atoms. The van der Waals surface area contributed by atoms with Crippen LogP contribution in [-0.2, 0) is 6.42 Å². The van der Waals surface area contributed by atoms with Gasteiger partial charge in [0.2, 0.25) is 0 Å². The van der Waals surface area contributed by atoms with Gasteiger partial charge in [-0.05, 0) is 17.5 Å². The van der Waals surface area contributed by atoms with E-state index in [0.29, 0.717) is 0 Å². The maximum Gasteiger partial charge on any atom is 0.0924 e. The van der Waals surface area contributed by atoms with Crippen molar-refractivity contribution in [1.82, 2.24) is 9.97 Å². The molecule has 2 aromatic rings. The first kappa shape index (κ1) is 7.56. The molecular formula is C12H10N2. The third-order valence-electron chi connectivity index (χ3n) is 2.62. The molecule has 0 atom stereocenters. The maximum absolute atomic E-state index is 4.04. The number of nitrogens with one attached hydrogen (secondary N) is 1. The van der Waals surface area contributed by atoms with Gasteiger partial charge in [0.1, 0.15) is 0 Å². The van der Waals surface area contributed by atoms with Gasteiger partial charge in [0.15, 0.2) is 0 Å². The molecule has 0 saturated heterocycles. The summed E-state index contributed by atoms with van der Waals surface area (Å²) in [6.07, 6.45) is 6.87. The summed E-state index contributed by atoms with van der Waals surface area (Å²) >= 11 is 0. The smallest absolute Gasteiger partial charge is 0.0924 e. The van der Waals surface area contributed by atoms with E-state index in [4.69, 9.17) is 0 Å². The first-order chi connectivity index (χ1) is 6.95. The van der Waals surface area contributed by atoms with E-state index in [1.807, 2.05) is 6.20 Å². The van der Waals surface area contributed by atoms with Crippen molar-refractivity contribution in [2.45, 2.75) is 6.42 Å². The lowest BCUT2D eigenvalue weighted by atomic mass is 10.0. The van der Waals surface area contributed by atoms with Crippen LogP contribution in [0, 0.1) is 0 Å². The Balaban J connectivity index is 2.14. The van der Waals surface area contributed by atoms with Gasteiger partial charge in [-0.15, -0.1) is 0 Å². The van der Waals surface area contributed by atoms with Gasteiger partial charge in [0.25, 0.3) is 0 Å². The molecule has 68 valence electrons. The van der Waals surface area contributed by atoms with Crippen LogP contribution in [0.4, 0.5) is 0 Å². The molecule has 0 saturated carbocycles. The van der Waals surface area contributed by atoms with E-state index in [1.54, 1.807) is 6.33 Å². The Morgan fingerprint density at radius 1 is 1.21 bits per heavy atom. The molecule has 0 aliphatic heterocycles. The minimum absolute atomic E-state index is 1.03. The Bertz CT molecular complexity index is 481. The van der Waals surface area contributed by atoms with E-state index in [9.17, 15) is 0 Å². The van der Waals surface area contributed by atoms with Crippen LogP contribution in [0.5, 0.6) is 0 Å². The summed E-state index contributed by atoms with van der Waals surface area (Å²) in [6, 6.07) is 8.50. The molecule has 0 radical (unpaired) electrons. The number of aromatic nitrogens is 2. The van der Waals surface area contributed by atoms with Gasteiger partial charge in [0.05, 0.1) is 18.2 Å². The number of nitrogens with zero attached hydrogens (tertiary/aromatic N) is 1. The SMILES string of the molecule is C1=C(c2cnc[nH]2)c2ccccc2C1. The van der Waals surface area contributed by atoms with Crippen LogP contribution in [0.3, 0.4) is 0 Å². The number of allylic oxidation sites excluding steroid dienone is 1. The van der Waals surface area contributed by atoms with Crippen LogP contribution in [0.25, 0.3) is 5.57 Å².